The molecule has 0 atom stereocenters. The van der Waals surface area contributed by atoms with Gasteiger partial charge in [0.05, 0.1) is 12.8 Å². The van der Waals surface area contributed by atoms with Gasteiger partial charge < -0.3 is 20.5 Å². The number of carbonyl (C=O) groups is 4. The van der Waals surface area contributed by atoms with Gasteiger partial charge >= 0.3 is 18.2 Å². The SMILES string of the molecule is COc1cc(C(=O)Nc2ccc3c(c2)CNCCC3)ccc1N1CCC(=O)NC1=O.O=C(O)C(F)(F)F. The quantitative estimate of drug-likeness (QED) is 0.484. The summed E-state index contributed by atoms with van der Waals surface area (Å²) >= 11 is 0. The number of carboxylic acid groups (broad SMARTS) is 1. The van der Waals surface area contributed by atoms with E-state index < -0.39 is 18.2 Å². The first-order chi connectivity index (χ1) is 17.5. The molecule has 2 heterocycles. The molecule has 0 spiro atoms. The van der Waals surface area contributed by atoms with Crippen molar-refractivity contribution < 1.29 is 42.2 Å². The number of anilines is 2. The van der Waals surface area contributed by atoms with Gasteiger partial charge in [-0.25, -0.2) is 9.59 Å². The number of imide groups is 1. The second-order valence-electron chi connectivity index (χ2n) is 8.16. The number of benzene rings is 2. The number of nitrogens with one attached hydrogen (secondary N) is 3. The van der Waals surface area contributed by atoms with Crippen molar-refractivity contribution in [2.75, 3.05) is 30.4 Å². The molecule has 1 saturated heterocycles. The number of fused-ring (bicyclic) bond motifs is 1. The lowest BCUT2D eigenvalue weighted by Gasteiger charge is -2.28. The van der Waals surface area contributed by atoms with Crippen molar-refractivity contribution in [3.05, 3.63) is 53.1 Å². The van der Waals surface area contributed by atoms with Gasteiger partial charge in [0.2, 0.25) is 5.91 Å². The van der Waals surface area contributed by atoms with Gasteiger partial charge in [-0.05, 0) is 60.8 Å². The maximum atomic E-state index is 12.8. The molecule has 198 valence electrons. The monoisotopic (exact) mass is 522 g/mol. The molecule has 4 N–H and O–H groups in total. The number of nitrogens with zero attached hydrogens (tertiary/aromatic N) is 1. The number of halogens is 3. The van der Waals surface area contributed by atoms with Crippen molar-refractivity contribution in [1.82, 2.24) is 10.6 Å². The first kappa shape index (κ1) is 27.5. The standard InChI is InChI=1S/C22H24N4O4.C2HF3O2/c1-30-19-12-15(5-7-18(19)26-10-8-20(27)25-22(26)29)21(28)24-17-6-4-14-3-2-9-23-13-16(14)11-17;3-2(4,5)1(6)7/h4-7,11-12,23H,2-3,8-10,13H2,1H3,(H,24,28)(H,25,27,29);(H,6,7). The van der Waals surface area contributed by atoms with Crippen LogP contribution in [0.2, 0.25) is 0 Å². The summed E-state index contributed by atoms with van der Waals surface area (Å²) in [4.78, 5) is 46.6. The highest BCUT2D eigenvalue weighted by Crippen LogP contribution is 2.31. The van der Waals surface area contributed by atoms with E-state index in [9.17, 15) is 27.6 Å². The van der Waals surface area contributed by atoms with E-state index in [-0.39, 0.29) is 24.8 Å². The summed E-state index contributed by atoms with van der Waals surface area (Å²) in [5.74, 6) is -2.94. The Balaban J connectivity index is 0.000000479. The summed E-state index contributed by atoms with van der Waals surface area (Å²) in [6, 6.07) is 10.4. The molecule has 0 aliphatic carbocycles. The predicted octanol–water partition coefficient (Wildman–Crippen LogP) is 3.06. The number of rotatable bonds is 4. The molecule has 1 fully saturated rings. The molecule has 0 aromatic heterocycles. The molecule has 10 nitrogen and oxygen atoms in total. The lowest BCUT2D eigenvalue weighted by atomic mass is 10.0. The van der Waals surface area contributed by atoms with Crippen LogP contribution in [0.1, 0.15) is 34.3 Å². The number of urea groups is 1. The molecule has 2 aromatic rings. The molecular weight excluding hydrogens is 497 g/mol. The van der Waals surface area contributed by atoms with E-state index in [1.165, 1.54) is 23.1 Å². The van der Waals surface area contributed by atoms with Crippen molar-refractivity contribution in [1.29, 1.82) is 0 Å². The summed E-state index contributed by atoms with van der Waals surface area (Å²) in [6.45, 7) is 2.05. The van der Waals surface area contributed by atoms with E-state index in [0.717, 1.165) is 31.6 Å². The highest BCUT2D eigenvalue weighted by atomic mass is 19.4. The second-order valence-corrected chi connectivity index (χ2v) is 8.16. The summed E-state index contributed by atoms with van der Waals surface area (Å²) in [5, 5.41) is 15.7. The van der Waals surface area contributed by atoms with Gasteiger partial charge in [-0.3, -0.25) is 19.8 Å². The van der Waals surface area contributed by atoms with Crippen LogP contribution in [0, 0.1) is 0 Å². The van der Waals surface area contributed by atoms with Crippen LogP contribution < -0.4 is 25.6 Å². The van der Waals surface area contributed by atoms with E-state index in [2.05, 4.69) is 22.0 Å². The maximum absolute atomic E-state index is 12.8. The molecule has 2 aliphatic rings. The third-order valence-corrected chi connectivity index (χ3v) is 5.61. The number of aryl methyl sites for hydroxylation is 1. The maximum Gasteiger partial charge on any atom is 0.490 e. The van der Waals surface area contributed by atoms with E-state index in [0.29, 0.717) is 17.0 Å². The molecule has 2 aliphatic heterocycles. The second kappa shape index (κ2) is 11.7. The number of ether oxygens (including phenoxy) is 1. The van der Waals surface area contributed by atoms with Crippen LogP contribution >= 0.6 is 0 Å². The van der Waals surface area contributed by atoms with Crippen LogP contribution in [0.5, 0.6) is 5.75 Å². The smallest absolute Gasteiger partial charge is 0.490 e. The molecular formula is C24H25F3N4O6. The summed E-state index contributed by atoms with van der Waals surface area (Å²) in [5.41, 5.74) is 4.16. The van der Waals surface area contributed by atoms with Crippen molar-refractivity contribution in [2.24, 2.45) is 0 Å². The number of alkyl halides is 3. The van der Waals surface area contributed by atoms with Gasteiger partial charge in [0.1, 0.15) is 5.75 Å². The van der Waals surface area contributed by atoms with Gasteiger partial charge in [-0.2, -0.15) is 13.2 Å². The largest absolute Gasteiger partial charge is 0.495 e. The van der Waals surface area contributed by atoms with Gasteiger partial charge in [0, 0.05) is 30.8 Å². The Hall–Kier alpha value is -4.13. The fraction of sp³-hybridized carbons (Fsp3) is 0.333. The number of hydrogen-bond acceptors (Lipinski definition) is 6. The average molecular weight is 522 g/mol. The molecule has 4 rings (SSSR count). The normalized spacial score (nSPS) is 15.4. The Bertz CT molecular complexity index is 1200. The lowest BCUT2D eigenvalue weighted by molar-refractivity contribution is -0.192. The first-order valence-electron chi connectivity index (χ1n) is 11.2. The van der Waals surface area contributed by atoms with Crippen LogP contribution in [0.4, 0.5) is 29.3 Å². The van der Waals surface area contributed by atoms with Crippen LogP contribution in [0.15, 0.2) is 36.4 Å². The van der Waals surface area contributed by atoms with E-state index in [1.54, 1.807) is 18.2 Å². The van der Waals surface area contributed by atoms with Gasteiger partial charge in [0.25, 0.3) is 5.91 Å². The minimum Gasteiger partial charge on any atom is -0.495 e. The third-order valence-electron chi connectivity index (χ3n) is 5.61. The Morgan fingerprint density at radius 1 is 1.08 bits per heavy atom. The fourth-order valence-corrected chi connectivity index (χ4v) is 3.78. The van der Waals surface area contributed by atoms with Crippen LogP contribution in [0.3, 0.4) is 0 Å². The number of methoxy groups -OCH3 is 1. The van der Waals surface area contributed by atoms with E-state index >= 15 is 0 Å². The number of carboxylic acids is 1. The first-order valence-corrected chi connectivity index (χ1v) is 11.2. The third kappa shape index (κ3) is 7.19. The molecule has 0 bridgehead atoms. The molecule has 2 aromatic carbocycles. The van der Waals surface area contributed by atoms with Gasteiger partial charge in [-0.15, -0.1) is 0 Å². The van der Waals surface area contributed by atoms with Crippen LogP contribution in [0.25, 0.3) is 0 Å². The van der Waals surface area contributed by atoms with Crippen LogP contribution in [-0.4, -0.2) is 55.3 Å². The predicted molar refractivity (Wildman–Crippen MR) is 127 cm³/mol. The number of hydrogen-bond donors (Lipinski definition) is 4. The van der Waals surface area contributed by atoms with Gasteiger partial charge in [0.15, 0.2) is 0 Å². The average Bonchev–Trinajstić information content (AvgIpc) is 3.08. The van der Waals surface area contributed by atoms with E-state index in [4.69, 9.17) is 14.6 Å². The zero-order valence-electron chi connectivity index (χ0n) is 19.8. The summed E-state index contributed by atoms with van der Waals surface area (Å²) in [6.07, 6.45) is -2.73. The Morgan fingerprint density at radius 2 is 1.81 bits per heavy atom. The Labute approximate surface area is 209 Å². The molecule has 37 heavy (non-hydrogen) atoms. The lowest BCUT2D eigenvalue weighted by Crippen LogP contribution is -2.49. The number of amides is 4. The molecule has 0 radical (unpaired) electrons. The molecule has 13 heteroatoms. The zero-order valence-corrected chi connectivity index (χ0v) is 19.8. The zero-order chi connectivity index (χ0) is 27.2. The fourth-order valence-electron chi connectivity index (χ4n) is 3.78. The molecule has 0 unspecified atom stereocenters. The van der Waals surface area contributed by atoms with E-state index in [1.807, 2.05) is 12.1 Å². The van der Waals surface area contributed by atoms with Crippen molar-refractivity contribution in [3.63, 3.8) is 0 Å². The van der Waals surface area contributed by atoms with Crippen molar-refractivity contribution in [2.45, 2.75) is 32.0 Å². The number of carbonyl (C=O) groups excluding carboxylic acids is 3. The highest BCUT2D eigenvalue weighted by Gasteiger charge is 2.38. The van der Waals surface area contributed by atoms with Gasteiger partial charge in [-0.1, -0.05) is 6.07 Å². The summed E-state index contributed by atoms with van der Waals surface area (Å²) < 4.78 is 37.1. The highest BCUT2D eigenvalue weighted by molar-refractivity contribution is 6.08. The van der Waals surface area contributed by atoms with Crippen LogP contribution in [-0.2, 0) is 22.6 Å². The molecule has 0 saturated carbocycles. The minimum absolute atomic E-state index is 0.213. The van der Waals surface area contributed by atoms with Crippen molar-refractivity contribution in [3.8, 4) is 5.75 Å². The summed E-state index contributed by atoms with van der Waals surface area (Å²) in [7, 11) is 1.48. The van der Waals surface area contributed by atoms with Crippen molar-refractivity contribution >= 4 is 35.2 Å². The number of aliphatic carboxylic acids is 1. The molecule has 4 amide bonds. The minimum atomic E-state index is -5.08. The Kier molecular flexibility index (Phi) is 8.71. The Morgan fingerprint density at radius 3 is 2.46 bits per heavy atom. The topological polar surface area (TPSA) is 137 Å².